The molecule has 0 radical (unpaired) electrons. The van der Waals surface area contributed by atoms with Crippen LogP contribution in [0.3, 0.4) is 0 Å². The van der Waals surface area contributed by atoms with Gasteiger partial charge < -0.3 is 19.9 Å². The molecule has 0 aliphatic carbocycles. The standard InChI is InChI=1S/C19H39N3O4/c1-19(2,3)18(23)4-12-24-14-10-21-6-8-22(9-7-21)11-15-26-17-16-25-13-5-20/h4-17,20H2,1-3H3. The highest BCUT2D eigenvalue weighted by Gasteiger charge is 2.20. The third-order valence-corrected chi connectivity index (χ3v) is 4.51. The van der Waals surface area contributed by atoms with Crippen LogP contribution in [0.25, 0.3) is 0 Å². The van der Waals surface area contributed by atoms with Gasteiger partial charge in [0.2, 0.25) is 0 Å². The SMILES string of the molecule is CC(C)(C)C(=O)CCOCCN1CCN(CCOCCOCCN)CC1. The normalized spacial score (nSPS) is 16.9. The first-order chi connectivity index (χ1) is 12.4. The number of carbonyl (C=O) groups is 1. The Balaban J connectivity index is 1.94. The van der Waals surface area contributed by atoms with Crippen molar-refractivity contribution < 1.29 is 19.0 Å². The van der Waals surface area contributed by atoms with E-state index in [2.05, 4.69) is 9.80 Å². The van der Waals surface area contributed by atoms with Gasteiger partial charge in [-0.2, -0.15) is 0 Å². The molecule has 0 spiro atoms. The Morgan fingerprint density at radius 3 is 1.73 bits per heavy atom. The van der Waals surface area contributed by atoms with Crippen LogP contribution in [-0.2, 0) is 19.0 Å². The van der Waals surface area contributed by atoms with Crippen molar-refractivity contribution in [3.63, 3.8) is 0 Å². The molecule has 0 amide bonds. The van der Waals surface area contributed by atoms with Crippen LogP contribution < -0.4 is 5.73 Å². The second kappa shape index (κ2) is 13.6. The molecule has 1 fully saturated rings. The van der Waals surface area contributed by atoms with Crippen molar-refractivity contribution in [2.75, 3.05) is 85.5 Å². The maximum Gasteiger partial charge on any atom is 0.140 e. The summed E-state index contributed by atoms with van der Waals surface area (Å²) in [6, 6.07) is 0. The van der Waals surface area contributed by atoms with Gasteiger partial charge in [-0.1, -0.05) is 20.8 Å². The van der Waals surface area contributed by atoms with E-state index in [1.165, 1.54) is 0 Å². The number of piperazine rings is 1. The lowest BCUT2D eigenvalue weighted by atomic mass is 9.89. The molecule has 0 aromatic carbocycles. The second-order valence-corrected chi connectivity index (χ2v) is 7.73. The molecule has 0 aromatic heterocycles. The number of ether oxygens (including phenoxy) is 3. The molecular weight excluding hydrogens is 334 g/mol. The summed E-state index contributed by atoms with van der Waals surface area (Å²) in [5.74, 6) is 0.263. The van der Waals surface area contributed by atoms with Crippen LogP contribution in [0.2, 0.25) is 0 Å². The quantitative estimate of drug-likeness (QED) is 0.447. The highest BCUT2D eigenvalue weighted by Crippen LogP contribution is 2.16. The number of Topliss-reactive ketones (excluding diaryl/α,β-unsaturated/α-hetero) is 1. The minimum Gasteiger partial charge on any atom is -0.380 e. The fourth-order valence-corrected chi connectivity index (χ4v) is 2.67. The van der Waals surface area contributed by atoms with Gasteiger partial charge in [0.05, 0.1) is 39.6 Å². The lowest BCUT2D eigenvalue weighted by Crippen LogP contribution is -2.48. The Hall–Kier alpha value is -0.570. The van der Waals surface area contributed by atoms with E-state index in [0.717, 1.165) is 45.9 Å². The van der Waals surface area contributed by atoms with E-state index < -0.39 is 0 Å². The van der Waals surface area contributed by atoms with Crippen molar-refractivity contribution in [1.29, 1.82) is 0 Å². The Morgan fingerprint density at radius 2 is 1.27 bits per heavy atom. The van der Waals surface area contributed by atoms with Crippen LogP contribution in [0.1, 0.15) is 27.2 Å². The lowest BCUT2D eigenvalue weighted by molar-refractivity contribution is -0.127. The summed E-state index contributed by atoms with van der Waals surface area (Å²) in [4.78, 5) is 16.7. The monoisotopic (exact) mass is 373 g/mol. The minimum absolute atomic E-state index is 0.263. The van der Waals surface area contributed by atoms with E-state index in [4.69, 9.17) is 19.9 Å². The van der Waals surface area contributed by atoms with Gasteiger partial charge in [0.25, 0.3) is 0 Å². The second-order valence-electron chi connectivity index (χ2n) is 7.73. The number of ketones is 1. The highest BCUT2D eigenvalue weighted by atomic mass is 16.5. The van der Waals surface area contributed by atoms with Crippen LogP contribution in [0, 0.1) is 5.41 Å². The van der Waals surface area contributed by atoms with E-state index in [0.29, 0.717) is 46.0 Å². The average molecular weight is 374 g/mol. The summed E-state index contributed by atoms with van der Waals surface area (Å²) < 4.78 is 16.5. The fraction of sp³-hybridized carbons (Fsp3) is 0.947. The van der Waals surface area contributed by atoms with Gasteiger partial charge in [-0.05, 0) is 0 Å². The van der Waals surface area contributed by atoms with E-state index in [1.807, 2.05) is 20.8 Å². The third-order valence-electron chi connectivity index (χ3n) is 4.51. The Morgan fingerprint density at radius 1 is 0.808 bits per heavy atom. The fourth-order valence-electron chi connectivity index (χ4n) is 2.67. The molecule has 7 heteroatoms. The van der Waals surface area contributed by atoms with Crippen molar-refractivity contribution in [3.8, 4) is 0 Å². The zero-order chi connectivity index (χ0) is 19.3. The molecule has 1 saturated heterocycles. The molecule has 0 aromatic rings. The third kappa shape index (κ3) is 11.2. The highest BCUT2D eigenvalue weighted by molar-refractivity contribution is 5.83. The molecule has 0 atom stereocenters. The van der Waals surface area contributed by atoms with Gasteiger partial charge in [0.15, 0.2) is 0 Å². The number of carbonyl (C=O) groups excluding carboxylic acids is 1. The summed E-state index contributed by atoms with van der Waals surface area (Å²) in [5, 5.41) is 0. The molecule has 2 N–H and O–H groups in total. The van der Waals surface area contributed by atoms with E-state index in [-0.39, 0.29) is 11.2 Å². The van der Waals surface area contributed by atoms with Crippen molar-refractivity contribution in [2.45, 2.75) is 27.2 Å². The molecule has 0 saturated carbocycles. The molecule has 1 aliphatic rings. The topological polar surface area (TPSA) is 77.3 Å². The number of nitrogens with two attached hydrogens (primary N) is 1. The molecule has 154 valence electrons. The van der Waals surface area contributed by atoms with Crippen LogP contribution in [0.5, 0.6) is 0 Å². The molecule has 1 aliphatic heterocycles. The van der Waals surface area contributed by atoms with Crippen molar-refractivity contribution >= 4 is 5.78 Å². The minimum atomic E-state index is -0.263. The van der Waals surface area contributed by atoms with Gasteiger partial charge in [0, 0.05) is 57.6 Å². The van der Waals surface area contributed by atoms with Gasteiger partial charge >= 0.3 is 0 Å². The van der Waals surface area contributed by atoms with Gasteiger partial charge in [-0.3, -0.25) is 14.6 Å². The van der Waals surface area contributed by atoms with Crippen molar-refractivity contribution in [2.24, 2.45) is 11.1 Å². The molecule has 7 nitrogen and oxygen atoms in total. The van der Waals surface area contributed by atoms with Crippen LogP contribution in [0.4, 0.5) is 0 Å². The van der Waals surface area contributed by atoms with Gasteiger partial charge in [0.1, 0.15) is 5.78 Å². The Labute approximate surface area is 159 Å². The van der Waals surface area contributed by atoms with Crippen LogP contribution in [-0.4, -0.2) is 101 Å². The van der Waals surface area contributed by atoms with Crippen LogP contribution >= 0.6 is 0 Å². The number of hydrogen-bond donors (Lipinski definition) is 1. The summed E-state index contributed by atoms with van der Waals surface area (Å²) in [6.07, 6.45) is 0.508. The maximum atomic E-state index is 11.8. The summed E-state index contributed by atoms with van der Waals surface area (Å²) in [5.41, 5.74) is 5.09. The van der Waals surface area contributed by atoms with Gasteiger partial charge in [-0.15, -0.1) is 0 Å². The molecule has 1 rings (SSSR count). The first kappa shape index (κ1) is 23.5. The molecule has 26 heavy (non-hydrogen) atoms. The zero-order valence-electron chi connectivity index (χ0n) is 17.0. The predicted octanol–water partition coefficient (Wildman–Crippen LogP) is 0.618. The molecule has 0 unspecified atom stereocenters. The van der Waals surface area contributed by atoms with Crippen molar-refractivity contribution in [1.82, 2.24) is 9.80 Å². The average Bonchev–Trinajstić information content (AvgIpc) is 2.61. The lowest BCUT2D eigenvalue weighted by Gasteiger charge is -2.34. The predicted molar refractivity (Wildman–Crippen MR) is 103 cm³/mol. The Kier molecular flexibility index (Phi) is 12.3. The van der Waals surface area contributed by atoms with E-state index in [9.17, 15) is 4.79 Å². The Bertz CT molecular complexity index is 366. The van der Waals surface area contributed by atoms with Gasteiger partial charge in [-0.25, -0.2) is 0 Å². The molecular formula is C19H39N3O4. The number of rotatable bonds is 14. The number of nitrogens with zero attached hydrogens (tertiary/aromatic N) is 2. The summed E-state index contributed by atoms with van der Waals surface area (Å²) >= 11 is 0. The summed E-state index contributed by atoms with van der Waals surface area (Å²) in [7, 11) is 0. The molecule has 1 heterocycles. The van der Waals surface area contributed by atoms with E-state index >= 15 is 0 Å². The first-order valence-corrected chi connectivity index (χ1v) is 9.85. The van der Waals surface area contributed by atoms with E-state index in [1.54, 1.807) is 0 Å². The smallest absolute Gasteiger partial charge is 0.140 e. The zero-order valence-corrected chi connectivity index (χ0v) is 17.0. The van der Waals surface area contributed by atoms with Crippen molar-refractivity contribution in [3.05, 3.63) is 0 Å². The largest absolute Gasteiger partial charge is 0.380 e. The maximum absolute atomic E-state index is 11.8. The summed E-state index contributed by atoms with van der Waals surface area (Å²) in [6.45, 7) is 16.4. The number of hydrogen-bond acceptors (Lipinski definition) is 7. The first-order valence-electron chi connectivity index (χ1n) is 9.85. The molecule has 0 bridgehead atoms. The van der Waals surface area contributed by atoms with Crippen LogP contribution in [0.15, 0.2) is 0 Å².